The first-order valence-electron chi connectivity index (χ1n) is 19.1. The Bertz CT molecular complexity index is 2380. The number of aryl methyl sites for hydroxylation is 2. The summed E-state index contributed by atoms with van der Waals surface area (Å²) in [4.78, 5) is 33.7. The summed E-state index contributed by atoms with van der Waals surface area (Å²) in [6, 6.07) is 5.72. The van der Waals surface area contributed by atoms with E-state index in [1.807, 2.05) is 6.92 Å². The molecule has 1 unspecified atom stereocenters. The fourth-order valence-corrected chi connectivity index (χ4v) is 9.42. The molecule has 13 heteroatoms. The third-order valence-corrected chi connectivity index (χ3v) is 11.9. The van der Waals surface area contributed by atoms with Gasteiger partial charge in [-0.15, -0.1) is 6.42 Å². The molecule has 0 radical (unpaired) electrons. The molecule has 0 spiro atoms. The molecule has 9 rings (SSSR count). The van der Waals surface area contributed by atoms with Crippen LogP contribution in [0.3, 0.4) is 0 Å². The number of terminal acetylenes is 1. The number of rotatable bonds is 8. The summed E-state index contributed by atoms with van der Waals surface area (Å²) in [7, 11) is 0. The number of ether oxygens (including phenoxy) is 1. The number of phenols is 1. The van der Waals surface area contributed by atoms with Crippen molar-refractivity contribution in [2.45, 2.75) is 82.8 Å². The minimum atomic E-state index is -0.725. The SMILES string of the molecule is C#Cc1c(F)ccc2cc(O)cc(-c3nc4c5c(nc(OCC67CCCN6CCC7)nc5c3F)N3CCN(Cc5oc(=O)oc5CCC)CC3CCC4)c12. The Morgan fingerprint density at radius 1 is 1.04 bits per heavy atom. The molecule has 3 saturated heterocycles. The highest BCUT2D eigenvalue weighted by Gasteiger charge is 2.45. The van der Waals surface area contributed by atoms with E-state index in [4.69, 9.17) is 34.9 Å². The second-order valence-electron chi connectivity index (χ2n) is 15.2. The van der Waals surface area contributed by atoms with Crippen molar-refractivity contribution in [3.05, 3.63) is 69.3 Å². The molecule has 0 bridgehead atoms. The number of aromatic nitrogens is 3. The van der Waals surface area contributed by atoms with Gasteiger partial charge < -0.3 is 23.6 Å². The Kier molecular flexibility index (Phi) is 8.77. The molecule has 0 amide bonds. The van der Waals surface area contributed by atoms with Crippen LogP contribution in [0.5, 0.6) is 11.8 Å². The first-order valence-corrected chi connectivity index (χ1v) is 19.1. The highest BCUT2D eigenvalue weighted by atomic mass is 19.1. The number of hydrogen-bond acceptors (Lipinski definition) is 11. The topological polar surface area (TPSA) is 121 Å². The van der Waals surface area contributed by atoms with Crippen molar-refractivity contribution in [3.8, 4) is 35.4 Å². The third kappa shape index (κ3) is 5.87. The van der Waals surface area contributed by atoms with E-state index in [0.717, 1.165) is 58.0 Å². The van der Waals surface area contributed by atoms with Gasteiger partial charge in [-0.2, -0.15) is 9.97 Å². The van der Waals surface area contributed by atoms with E-state index in [9.17, 15) is 9.90 Å². The van der Waals surface area contributed by atoms with Crippen LogP contribution in [0, 0.1) is 24.0 Å². The molecular weight excluding hydrogens is 694 g/mol. The van der Waals surface area contributed by atoms with Gasteiger partial charge in [-0.25, -0.2) is 18.6 Å². The van der Waals surface area contributed by atoms with Gasteiger partial charge in [-0.1, -0.05) is 18.9 Å². The highest BCUT2D eigenvalue weighted by Crippen LogP contribution is 2.43. The highest BCUT2D eigenvalue weighted by molar-refractivity contribution is 6.03. The van der Waals surface area contributed by atoms with Crippen molar-refractivity contribution in [1.29, 1.82) is 0 Å². The van der Waals surface area contributed by atoms with Crippen LogP contribution in [0.15, 0.2) is 37.9 Å². The summed E-state index contributed by atoms with van der Waals surface area (Å²) in [6.45, 7) is 6.82. The van der Waals surface area contributed by atoms with Gasteiger partial charge in [0.2, 0.25) is 0 Å². The van der Waals surface area contributed by atoms with E-state index in [0.29, 0.717) is 84.8 Å². The van der Waals surface area contributed by atoms with Crippen LogP contribution in [0.4, 0.5) is 14.6 Å². The molecule has 0 aliphatic carbocycles. The van der Waals surface area contributed by atoms with E-state index in [2.05, 4.69) is 20.6 Å². The number of fused-ring (bicyclic) bond motifs is 4. The van der Waals surface area contributed by atoms with Gasteiger partial charge in [-0.05, 0) is 88.0 Å². The maximum atomic E-state index is 17.4. The average molecular weight is 737 g/mol. The molecule has 1 atom stereocenters. The van der Waals surface area contributed by atoms with Crippen LogP contribution >= 0.6 is 0 Å². The lowest BCUT2D eigenvalue weighted by Crippen LogP contribution is -2.53. The van der Waals surface area contributed by atoms with Crippen molar-refractivity contribution >= 4 is 27.5 Å². The molecule has 4 aliphatic heterocycles. The lowest BCUT2D eigenvalue weighted by Gasteiger charge is -2.43. The van der Waals surface area contributed by atoms with Gasteiger partial charge >= 0.3 is 11.8 Å². The summed E-state index contributed by atoms with van der Waals surface area (Å²) in [5.41, 5.74) is 0.667. The smallest absolute Gasteiger partial charge is 0.508 e. The largest absolute Gasteiger partial charge is 0.519 e. The predicted octanol–water partition coefficient (Wildman–Crippen LogP) is 6.34. The second kappa shape index (κ2) is 13.7. The Labute approximate surface area is 310 Å². The van der Waals surface area contributed by atoms with Gasteiger partial charge in [0.25, 0.3) is 0 Å². The van der Waals surface area contributed by atoms with Crippen molar-refractivity contribution in [2.24, 2.45) is 0 Å². The van der Waals surface area contributed by atoms with Crippen molar-refractivity contribution in [3.63, 3.8) is 0 Å². The maximum absolute atomic E-state index is 17.4. The molecule has 11 nitrogen and oxygen atoms in total. The Hall–Kier alpha value is -5.06. The lowest BCUT2D eigenvalue weighted by molar-refractivity contribution is 0.107. The lowest BCUT2D eigenvalue weighted by atomic mass is 9.94. The van der Waals surface area contributed by atoms with Gasteiger partial charge in [0.05, 0.1) is 28.7 Å². The summed E-state index contributed by atoms with van der Waals surface area (Å²) in [5, 5.41) is 12.0. The maximum Gasteiger partial charge on any atom is 0.519 e. The summed E-state index contributed by atoms with van der Waals surface area (Å²) < 4.78 is 49.7. The van der Waals surface area contributed by atoms with Gasteiger partial charge in [-0.3, -0.25) is 9.80 Å². The number of piperazine rings is 1. The Morgan fingerprint density at radius 3 is 2.65 bits per heavy atom. The summed E-state index contributed by atoms with van der Waals surface area (Å²) in [6.07, 6.45) is 13.5. The Morgan fingerprint density at radius 2 is 1.85 bits per heavy atom. The number of nitrogens with zero attached hydrogens (tertiary/aromatic N) is 6. The number of aromatic hydroxyl groups is 1. The third-order valence-electron chi connectivity index (χ3n) is 11.9. The van der Waals surface area contributed by atoms with E-state index in [1.54, 1.807) is 0 Å². The average Bonchev–Trinajstić information content (AvgIpc) is 3.84. The second-order valence-corrected chi connectivity index (χ2v) is 15.2. The van der Waals surface area contributed by atoms with Crippen LogP contribution in [0.25, 0.3) is 32.9 Å². The van der Waals surface area contributed by atoms with Gasteiger partial charge in [0.15, 0.2) is 17.3 Å². The molecule has 1 N–H and O–H groups in total. The van der Waals surface area contributed by atoms with E-state index in [-0.39, 0.29) is 45.7 Å². The van der Waals surface area contributed by atoms with E-state index in [1.165, 1.54) is 24.3 Å². The number of benzene rings is 2. The van der Waals surface area contributed by atoms with Crippen LogP contribution in [0.2, 0.25) is 0 Å². The van der Waals surface area contributed by atoms with Crippen molar-refractivity contribution in [2.75, 3.05) is 44.2 Å². The van der Waals surface area contributed by atoms with Crippen LogP contribution < -0.4 is 15.5 Å². The van der Waals surface area contributed by atoms with Crippen molar-refractivity contribution in [1.82, 2.24) is 24.8 Å². The quantitative estimate of drug-likeness (QED) is 0.180. The molecule has 3 fully saturated rings. The number of halogens is 2. The minimum Gasteiger partial charge on any atom is -0.508 e. The number of anilines is 1. The molecule has 54 heavy (non-hydrogen) atoms. The monoisotopic (exact) mass is 736 g/mol. The fraction of sp³-hybridized carbons (Fsp3) is 0.463. The standard InChI is InChI=1S/C41H42F2N6O5/c1-3-8-31-32(54-40(51)53-31)22-47-17-18-49-25(21-47)9-5-10-30-34-37(45-39(46-38(34)49)52-23-41-13-6-15-48(41)16-7-14-41)35(43)36(44-30)28-20-26(50)19-24-11-12-29(42)27(4-2)33(24)28/h2,11-12,19-20,25,50H,3,5-10,13-18,21-23H2,1H3. The summed E-state index contributed by atoms with van der Waals surface area (Å²) in [5.74, 6) is 1.99. The molecule has 3 aromatic heterocycles. The van der Waals surface area contributed by atoms with E-state index >= 15 is 8.78 Å². The molecular formula is C41H42F2N6O5. The van der Waals surface area contributed by atoms with Crippen molar-refractivity contribution < 1.29 is 27.5 Å². The Balaban J connectivity index is 1.16. The van der Waals surface area contributed by atoms with Crippen LogP contribution in [-0.4, -0.2) is 80.8 Å². The molecule has 0 saturated carbocycles. The summed E-state index contributed by atoms with van der Waals surface area (Å²) >= 11 is 0. The number of hydrogen-bond donors (Lipinski definition) is 1. The molecule has 280 valence electrons. The van der Waals surface area contributed by atoms with E-state index < -0.39 is 17.5 Å². The fourth-order valence-electron chi connectivity index (χ4n) is 9.42. The zero-order valence-corrected chi connectivity index (χ0v) is 30.3. The van der Waals surface area contributed by atoms with Crippen LogP contribution in [-0.2, 0) is 19.4 Å². The molecule has 5 aromatic rings. The number of pyridine rings is 1. The normalized spacial score (nSPS) is 19.8. The molecule has 4 aliphatic rings. The zero-order valence-electron chi connectivity index (χ0n) is 30.3. The minimum absolute atomic E-state index is 0.0174. The first kappa shape index (κ1) is 34.7. The molecule has 2 aromatic carbocycles. The predicted molar refractivity (Wildman–Crippen MR) is 199 cm³/mol. The van der Waals surface area contributed by atoms with Gasteiger partial charge in [0.1, 0.15) is 35.2 Å². The first-order chi connectivity index (χ1) is 26.2. The zero-order chi connectivity index (χ0) is 37.1. The van der Waals surface area contributed by atoms with Gasteiger partial charge in [0, 0.05) is 43.0 Å². The van der Waals surface area contributed by atoms with Crippen LogP contribution in [0.1, 0.15) is 74.6 Å². The number of phenolic OH excluding ortho intramolecular Hbond substituents is 1. The molecule has 7 heterocycles.